The van der Waals surface area contributed by atoms with Gasteiger partial charge in [0.1, 0.15) is 26.4 Å². The summed E-state index contributed by atoms with van der Waals surface area (Å²) in [6.45, 7) is 14.0. The molecule has 0 unspecified atom stereocenters. The van der Waals surface area contributed by atoms with Crippen LogP contribution in [-0.2, 0) is 47.6 Å². The highest BCUT2D eigenvalue weighted by Gasteiger charge is 2.19. The average molecular weight is 699 g/mol. The van der Waals surface area contributed by atoms with Crippen molar-refractivity contribution in [2.45, 2.75) is 0 Å². The molecule has 0 N–H and O–H groups in total. The maximum Gasteiger partial charge on any atom is 0.341 e. The van der Waals surface area contributed by atoms with Gasteiger partial charge in [-0.3, -0.25) is 0 Å². The fourth-order valence-electron chi connectivity index (χ4n) is 3.83. The van der Waals surface area contributed by atoms with Gasteiger partial charge in [-0.1, -0.05) is 38.4 Å². The van der Waals surface area contributed by atoms with E-state index in [4.69, 9.17) is 47.4 Å². The van der Waals surface area contributed by atoms with Crippen molar-refractivity contribution in [3.8, 4) is 34.1 Å². The minimum atomic E-state index is -0.766. The van der Waals surface area contributed by atoms with E-state index in [1.165, 1.54) is 40.6 Å². The Balaban J connectivity index is 2.37. The van der Waals surface area contributed by atoms with Crippen LogP contribution in [0, 0.1) is 0 Å². The number of hydrogen-bond acceptors (Lipinski definition) is 14. The Bertz CT molecular complexity index is 1440. The van der Waals surface area contributed by atoms with E-state index < -0.39 is 23.9 Å². The van der Waals surface area contributed by atoms with E-state index >= 15 is 0 Å². The van der Waals surface area contributed by atoms with Crippen LogP contribution in [0.4, 0.5) is 0 Å². The van der Waals surface area contributed by atoms with E-state index in [0.717, 1.165) is 0 Å². The highest BCUT2D eigenvalue weighted by Crippen LogP contribution is 2.37. The molecular formula is C36H42O14. The molecule has 2 aromatic carbocycles. The molecular weight excluding hydrogens is 656 g/mol. The van der Waals surface area contributed by atoms with Crippen LogP contribution in [0.5, 0.6) is 23.0 Å². The lowest BCUT2D eigenvalue weighted by Gasteiger charge is -2.16. The van der Waals surface area contributed by atoms with Crippen molar-refractivity contribution in [1.29, 1.82) is 0 Å². The molecule has 0 saturated heterocycles. The van der Waals surface area contributed by atoms with Crippen molar-refractivity contribution >= 4 is 23.9 Å². The highest BCUT2D eigenvalue weighted by atomic mass is 16.6. The molecule has 0 heterocycles. The number of ether oxygens (including phenoxy) is 10. The van der Waals surface area contributed by atoms with Gasteiger partial charge in [-0.05, 0) is 35.4 Å². The Morgan fingerprint density at radius 2 is 0.780 bits per heavy atom. The Morgan fingerprint density at radius 1 is 0.460 bits per heavy atom. The summed E-state index contributed by atoms with van der Waals surface area (Å²) in [5.41, 5.74) is 1.42. The number of benzene rings is 2. The summed E-state index contributed by atoms with van der Waals surface area (Å²) in [6.07, 6.45) is 0. The molecule has 2 aromatic rings. The number of esters is 4. The number of rotatable bonds is 23. The normalized spacial score (nSPS) is 10.4. The third-order valence-corrected chi connectivity index (χ3v) is 6.20. The molecule has 270 valence electrons. The fraction of sp³-hybridized carbons (Fsp3) is 0.333. The molecule has 0 aliphatic heterocycles. The molecule has 0 saturated carbocycles. The summed E-state index contributed by atoms with van der Waals surface area (Å²) in [5.74, 6) is -2.47. The first kappa shape index (κ1) is 40.9. The van der Waals surface area contributed by atoms with E-state index in [1.54, 1.807) is 24.3 Å². The summed E-state index contributed by atoms with van der Waals surface area (Å²) in [7, 11) is 5.67. The van der Waals surface area contributed by atoms with Crippen molar-refractivity contribution in [2.24, 2.45) is 0 Å². The molecule has 0 aliphatic rings. The van der Waals surface area contributed by atoms with Gasteiger partial charge in [0.2, 0.25) is 0 Å². The molecule has 0 amide bonds. The topological polar surface area (TPSA) is 161 Å². The van der Waals surface area contributed by atoms with Crippen LogP contribution >= 0.6 is 0 Å². The first-order valence-electron chi connectivity index (χ1n) is 14.9. The smallest absolute Gasteiger partial charge is 0.341 e. The minimum absolute atomic E-state index is 0.0176. The Kier molecular flexibility index (Phi) is 17.7. The first-order valence-corrected chi connectivity index (χ1v) is 14.9. The van der Waals surface area contributed by atoms with E-state index in [-0.39, 0.29) is 98.1 Å². The largest absolute Gasteiger partial charge is 0.486 e. The predicted octanol–water partition coefficient (Wildman–Crippen LogP) is 3.82. The van der Waals surface area contributed by atoms with Crippen molar-refractivity contribution in [2.75, 3.05) is 81.3 Å². The summed E-state index contributed by atoms with van der Waals surface area (Å²) in [5, 5.41) is 0. The first-order chi connectivity index (χ1) is 23.9. The van der Waals surface area contributed by atoms with E-state index in [9.17, 15) is 19.2 Å². The Hall–Kier alpha value is -5.28. The monoisotopic (exact) mass is 698 g/mol. The van der Waals surface area contributed by atoms with Gasteiger partial charge in [0, 0.05) is 28.4 Å². The van der Waals surface area contributed by atoms with Crippen LogP contribution < -0.4 is 18.9 Å². The minimum Gasteiger partial charge on any atom is -0.486 e. The third kappa shape index (κ3) is 13.3. The van der Waals surface area contributed by atoms with Crippen molar-refractivity contribution in [3.63, 3.8) is 0 Å². The van der Waals surface area contributed by atoms with Crippen molar-refractivity contribution in [3.05, 3.63) is 85.0 Å². The van der Waals surface area contributed by atoms with Gasteiger partial charge in [-0.2, -0.15) is 0 Å². The number of carbonyl (C=O) groups is 4. The van der Waals surface area contributed by atoms with Crippen LogP contribution in [0.3, 0.4) is 0 Å². The van der Waals surface area contributed by atoms with Crippen LogP contribution in [-0.4, -0.2) is 105 Å². The van der Waals surface area contributed by atoms with Gasteiger partial charge in [0.15, 0.2) is 23.0 Å². The second kappa shape index (κ2) is 21.6. The van der Waals surface area contributed by atoms with Gasteiger partial charge in [-0.15, -0.1) is 0 Å². The van der Waals surface area contributed by atoms with Crippen molar-refractivity contribution in [1.82, 2.24) is 0 Å². The molecule has 0 bridgehead atoms. The quantitative estimate of drug-likeness (QED) is 0.0713. The van der Waals surface area contributed by atoms with Gasteiger partial charge in [0.05, 0.1) is 48.7 Å². The number of carbonyl (C=O) groups excluding carboxylic acids is 4. The molecule has 0 aromatic heterocycles. The standard InChI is InChI=1S/C36H42O14/c1-23(19-41-5)33(37)47-15-13-45-29-11-9-27(17-31(29)49-35(39)25(3)21-43-7)28-10-12-30(32(18-28)50-36(40)26(4)22-44-8)46-14-16-48-34(38)24(2)20-42-6/h9-12,17-18H,1-4,13-16,19-22H2,5-8H3. The fourth-order valence-corrected chi connectivity index (χ4v) is 3.83. The molecule has 14 nitrogen and oxygen atoms in total. The van der Waals surface area contributed by atoms with Gasteiger partial charge < -0.3 is 47.4 Å². The van der Waals surface area contributed by atoms with E-state index in [0.29, 0.717) is 11.1 Å². The molecule has 0 atom stereocenters. The second-order valence-electron chi connectivity index (χ2n) is 10.2. The maximum absolute atomic E-state index is 12.7. The van der Waals surface area contributed by atoms with E-state index in [2.05, 4.69) is 26.3 Å². The number of methoxy groups -OCH3 is 4. The van der Waals surface area contributed by atoms with Crippen LogP contribution in [0.15, 0.2) is 85.0 Å². The lowest BCUT2D eigenvalue weighted by Crippen LogP contribution is -2.17. The Labute approximate surface area is 290 Å². The molecule has 0 aliphatic carbocycles. The summed E-state index contributed by atoms with van der Waals surface area (Å²) in [4.78, 5) is 49.5. The molecule has 14 heteroatoms. The van der Waals surface area contributed by atoms with Gasteiger partial charge in [-0.25, -0.2) is 19.2 Å². The van der Waals surface area contributed by atoms with Crippen LogP contribution in [0.25, 0.3) is 11.1 Å². The third-order valence-electron chi connectivity index (χ3n) is 6.20. The SMILES string of the molecule is C=C(COC)C(=O)OCCOc1ccc(-c2ccc(OCCOC(=O)C(=C)COC)c(OC(=O)C(=C)COC)c2)cc1OC(=O)C(=C)COC. The van der Waals surface area contributed by atoms with Crippen LogP contribution in [0.2, 0.25) is 0 Å². The molecule has 0 fully saturated rings. The molecule has 0 radical (unpaired) electrons. The molecule has 50 heavy (non-hydrogen) atoms. The zero-order valence-electron chi connectivity index (χ0n) is 28.7. The van der Waals surface area contributed by atoms with E-state index in [1.807, 2.05) is 0 Å². The van der Waals surface area contributed by atoms with Gasteiger partial charge in [0.25, 0.3) is 0 Å². The lowest BCUT2D eigenvalue weighted by atomic mass is 10.0. The highest BCUT2D eigenvalue weighted by molar-refractivity contribution is 5.91. The molecule has 0 spiro atoms. The summed E-state index contributed by atoms with van der Waals surface area (Å²) >= 11 is 0. The van der Waals surface area contributed by atoms with Crippen LogP contribution in [0.1, 0.15) is 0 Å². The zero-order chi connectivity index (χ0) is 37.1. The second-order valence-corrected chi connectivity index (χ2v) is 10.2. The Morgan fingerprint density at radius 3 is 1.10 bits per heavy atom. The summed E-state index contributed by atoms with van der Waals surface area (Å²) in [6, 6.07) is 9.48. The van der Waals surface area contributed by atoms with Crippen molar-refractivity contribution < 1.29 is 66.5 Å². The maximum atomic E-state index is 12.7. The molecule has 2 rings (SSSR count). The lowest BCUT2D eigenvalue weighted by molar-refractivity contribution is -0.141. The number of hydrogen-bond donors (Lipinski definition) is 0. The average Bonchev–Trinajstić information content (AvgIpc) is 3.09. The zero-order valence-corrected chi connectivity index (χ0v) is 28.7. The van der Waals surface area contributed by atoms with Gasteiger partial charge >= 0.3 is 23.9 Å². The predicted molar refractivity (Wildman–Crippen MR) is 180 cm³/mol. The summed E-state index contributed by atoms with van der Waals surface area (Å²) < 4.78 is 52.7.